The molecule has 1 aromatic carbocycles. The van der Waals surface area contributed by atoms with Gasteiger partial charge < -0.3 is 39.7 Å². The van der Waals surface area contributed by atoms with Gasteiger partial charge >= 0.3 is 0 Å². The number of methoxy groups -OCH3 is 1. The highest BCUT2D eigenvalue weighted by atomic mass is 16.7. The Hall–Kier alpha value is -1.68. The van der Waals surface area contributed by atoms with Gasteiger partial charge in [0.05, 0.1) is 20.3 Å². The first-order valence-corrected chi connectivity index (χ1v) is 7.44. The number of hydrogen-bond donors (Lipinski definition) is 5. The van der Waals surface area contributed by atoms with Gasteiger partial charge in [0.1, 0.15) is 24.4 Å². The Balaban J connectivity index is 2.18. The highest BCUT2D eigenvalue weighted by Crippen LogP contribution is 2.32. The lowest BCUT2D eigenvalue weighted by Gasteiger charge is -2.39. The number of aliphatic hydroxyl groups is 5. The van der Waals surface area contributed by atoms with Crippen molar-refractivity contribution in [2.45, 2.75) is 30.7 Å². The molecule has 0 unspecified atom stereocenters. The van der Waals surface area contributed by atoms with Crippen LogP contribution < -0.4 is 9.47 Å². The van der Waals surface area contributed by atoms with E-state index in [4.69, 9.17) is 19.3 Å². The summed E-state index contributed by atoms with van der Waals surface area (Å²) in [5.74, 6) is 0.607. The first-order chi connectivity index (χ1) is 11.5. The number of aliphatic hydroxyl groups excluding tert-OH is 5. The predicted octanol–water partition coefficient (Wildman–Crippen LogP) is -1.12. The van der Waals surface area contributed by atoms with E-state index < -0.39 is 37.3 Å². The molecular weight excluding hydrogens is 321 g/mol. The Morgan fingerprint density at radius 2 is 1.83 bits per heavy atom. The summed E-state index contributed by atoms with van der Waals surface area (Å²) in [6.07, 6.45) is -3.54. The predicted molar refractivity (Wildman–Crippen MR) is 83.5 cm³/mol. The summed E-state index contributed by atoms with van der Waals surface area (Å²) in [6, 6.07) is 4.94. The second kappa shape index (κ2) is 8.43. The minimum absolute atomic E-state index is 0.0918. The van der Waals surface area contributed by atoms with Gasteiger partial charge in [0.25, 0.3) is 0 Å². The van der Waals surface area contributed by atoms with Crippen LogP contribution in [0, 0.1) is 0 Å². The fraction of sp³-hybridized carbons (Fsp3) is 0.500. The lowest BCUT2D eigenvalue weighted by molar-refractivity contribution is -0.277. The summed E-state index contributed by atoms with van der Waals surface area (Å²) in [5, 5.41) is 47.5. The van der Waals surface area contributed by atoms with Gasteiger partial charge in [0, 0.05) is 0 Å². The van der Waals surface area contributed by atoms with Gasteiger partial charge in [0.15, 0.2) is 11.5 Å². The van der Waals surface area contributed by atoms with Crippen LogP contribution in [0.5, 0.6) is 11.5 Å². The molecule has 134 valence electrons. The Morgan fingerprint density at radius 1 is 1.08 bits per heavy atom. The minimum atomic E-state index is -1.52. The van der Waals surface area contributed by atoms with Crippen molar-refractivity contribution in [2.24, 2.45) is 0 Å². The molecule has 5 N–H and O–H groups in total. The van der Waals surface area contributed by atoms with Gasteiger partial charge in [-0.3, -0.25) is 0 Å². The van der Waals surface area contributed by atoms with E-state index in [1.807, 2.05) is 0 Å². The van der Waals surface area contributed by atoms with Crippen molar-refractivity contribution in [1.29, 1.82) is 0 Å². The van der Waals surface area contributed by atoms with Crippen molar-refractivity contribution in [1.82, 2.24) is 0 Å². The zero-order chi connectivity index (χ0) is 17.7. The average molecular weight is 343 g/mol. The van der Waals surface area contributed by atoms with Crippen LogP contribution in [0.15, 0.2) is 24.3 Å². The van der Waals surface area contributed by atoms with E-state index in [0.29, 0.717) is 5.75 Å². The molecule has 0 amide bonds. The Morgan fingerprint density at radius 3 is 2.46 bits per heavy atom. The van der Waals surface area contributed by atoms with Gasteiger partial charge in [-0.1, -0.05) is 18.2 Å². The van der Waals surface area contributed by atoms with Crippen molar-refractivity contribution in [3.8, 4) is 11.5 Å². The third-order valence-corrected chi connectivity index (χ3v) is 3.69. The Kier molecular flexibility index (Phi) is 6.55. The van der Waals surface area contributed by atoms with Crippen molar-refractivity contribution in [3.05, 3.63) is 29.8 Å². The van der Waals surface area contributed by atoms with E-state index in [9.17, 15) is 20.4 Å². The molecule has 1 saturated heterocycles. The average Bonchev–Trinajstić information content (AvgIpc) is 2.61. The second-order valence-electron chi connectivity index (χ2n) is 5.31. The van der Waals surface area contributed by atoms with Gasteiger partial charge in [0.2, 0.25) is 6.29 Å². The van der Waals surface area contributed by atoms with Crippen LogP contribution >= 0.6 is 0 Å². The fourth-order valence-electron chi connectivity index (χ4n) is 2.36. The molecule has 8 nitrogen and oxygen atoms in total. The third-order valence-electron chi connectivity index (χ3n) is 3.69. The molecule has 1 aliphatic heterocycles. The minimum Gasteiger partial charge on any atom is -0.493 e. The zero-order valence-corrected chi connectivity index (χ0v) is 13.1. The quantitative estimate of drug-likeness (QED) is 0.411. The molecule has 0 radical (unpaired) electrons. The molecule has 0 saturated carbocycles. The molecule has 1 heterocycles. The lowest BCUT2D eigenvalue weighted by Crippen LogP contribution is -2.60. The summed E-state index contributed by atoms with van der Waals surface area (Å²) < 4.78 is 16.1. The second-order valence-corrected chi connectivity index (χ2v) is 5.31. The summed E-state index contributed by atoms with van der Waals surface area (Å²) in [5.41, 5.74) is 0.766. The van der Waals surface area contributed by atoms with Crippen molar-refractivity contribution in [2.75, 3.05) is 20.3 Å². The standard InChI is InChI=1S/C16H22O8/c1-22-11-7-9(3-2-6-17)4-5-10(11)23-16-15(21)14(20)13(19)12(8-18)24-16/h2-5,7,12-21H,6,8H2,1H3/b3-2+/t12-,13-,14+,15-,16-/m1/s1/i6+1. The van der Waals surface area contributed by atoms with E-state index in [0.717, 1.165) is 5.56 Å². The lowest BCUT2D eigenvalue weighted by atomic mass is 9.99. The zero-order valence-electron chi connectivity index (χ0n) is 13.1. The van der Waals surface area contributed by atoms with Gasteiger partial charge in [-0.05, 0) is 17.7 Å². The van der Waals surface area contributed by atoms with E-state index in [-0.39, 0.29) is 12.4 Å². The molecule has 24 heavy (non-hydrogen) atoms. The molecule has 1 aromatic rings. The number of hydrogen-bond acceptors (Lipinski definition) is 8. The van der Waals surface area contributed by atoms with Crippen molar-refractivity contribution < 1.29 is 39.7 Å². The molecule has 0 spiro atoms. The molecule has 1 fully saturated rings. The van der Waals surface area contributed by atoms with Crippen LogP contribution in [0.1, 0.15) is 5.56 Å². The van der Waals surface area contributed by atoms with Crippen molar-refractivity contribution in [3.63, 3.8) is 0 Å². The molecular formula is C16H22O8. The van der Waals surface area contributed by atoms with Crippen LogP contribution in [0.25, 0.3) is 6.08 Å². The summed E-state index contributed by atoms with van der Waals surface area (Å²) in [4.78, 5) is 0. The van der Waals surface area contributed by atoms with Crippen molar-refractivity contribution >= 4 is 6.08 Å². The maximum Gasteiger partial charge on any atom is 0.229 e. The summed E-state index contributed by atoms with van der Waals surface area (Å²) in [7, 11) is 1.44. The van der Waals surface area contributed by atoms with Gasteiger partial charge in [-0.2, -0.15) is 0 Å². The normalized spacial score (nSPS) is 30.5. The van der Waals surface area contributed by atoms with Crippen LogP contribution in [0.2, 0.25) is 0 Å². The molecule has 0 aliphatic carbocycles. The molecule has 2 rings (SSSR count). The first-order valence-electron chi connectivity index (χ1n) is 7.44. The van der Waals surface area contributed by atoms with Crippen LogP contribution in [-0.2, 0) is 4.74 Å². The third kappa shape index (κ3) is 4.04. The monoisotopic (exact) mass is 343 g/mol. The summed E-state index contributed by atoms with van der Waals surface area (Å²) in [6.45, 7) is -0.627. The van der Waals surface area contributed by atoms with E-state index >= 15 is 0 Å². The smallest absolute Gasteiger partial charge is 0.229 e. The number of ether oxygens (including phenoxy) is 3. The maximum absolute atomic E-state index is 10.00. The molecule has 0 aromatic heterocycles. The maximum atomic E-state index is 10.00. The molecule has 1 aliphatic rings. The highest BCUT2D eigenvalue weighted by molar-refractivity contribution is 5.55. The van der Waals surface area contributed by atoms with E-state index in [1.54, 1.807) is 30.4 Å². The molecule has 8 heteroatoms. The van der Waals surface area contributed by atoms with E-state index in [2.05, 4.69) is 0 Å². The fourth-order valence-corrected chi connectivity index (χ4v) is 2.36. The highest BCUT2D eigenvalue weighted by Gasteiger charge is 2.44. The van der Waals surface area contributed by atoms with Crippen LogP contribution in [0.4, 0.5) is 0 Å². The largest absolute Gasteiger partial charge is 0.493 e. The Bertz CT molecular complexity index is 559. The van der Waals surface area contributed by atoms with E-state index in [1.165, 1.54) is 7.11 Å². The van der Waals surface area contributed by atoms with Crippen LogP contribution in [0.3, 0.4) is 0 Å². The SMILES string of the molecule is COc1cc(/C=C/[13CH2]O)ccc1O[C@@H]1O[C@H](CO)[C@@H](O)[C@H](O)[C@H]1O. The topological polar surface area (TPSA) is 129 Å². The van der Waals surface area contributed by atoms with Gasteiger partial charge in [-0.15, -0.1) is 0 Å². The number of rotatable bonds is 6. The summed E-state index contributed by atoms with van der Waals surface area (Å²) >= 11 is 0. The first kappa shape index (κ1) is 18.7. The molecule has 5 atom stereocenters. The molecule has 0 bridgehead atoms. The van der Waals surface area contributed by atoms with Crippen LogP contribution in [-0.4, -0.2) is 76.6 Å². The van der Waals surface area contributed by atoms with Gasteiger partial charge in [-0.25, -0.2) is 0 Å². The number of benzene rings is 1. The Labute approximate surface area is 139 Å².